The van der Waals surface area contributed by atoms with Gasteiger partial charge in [0.25, 0.3) is 0 Å². The van der Waals surface area contributed by atoms with Crippen molar-refractivity contribution in [2.45, 2.75) is 52.0 Å². The smallest absolute Gasteiger partial charge is 0.222 e. The van der Waals surface area contributed by atoms with Crippen molar-refractivity contribution in [2.75, 3.05) is 20.2 Å². The van der Waals surface area contributed by atoms with Gasteiger partial charge in [-0.2, -0.15) is 0 Å². The highest BCUT2D eigenvalue weighted by atomic mass is 16.5. The van der Waals surface area contributed by atoms with Gasteiger partial charge in [0, 0.05) is 26.1 Å². The van der Waals surface area contributed by atoms with Gasteiger partial charge in [0.15, 0.2) is 0 Å². The minimum atomic E-state index is 0.0818. The van der Waals surface area contributed by atoms with Crippen molar-refractivity contribution in [3.05, 3.63) is 29.8 Å². The third-order valence-corrected chi connectivity index (χ3v) is 3.92. The molecular formula is C18H30N2O2. The van der Waals surface area contributed by atoms with Crippen LogP contribution >= 0.6 is 0 Å². The van der Waals surface area contributed by atoms with Crippen molar-refractivity contribution in [3.8, 4) is 5.75 Å². The molecule has 0 aliphatic heterocycles. The molecule has 2 N–H and O–H groups in total. The van der Waals surface area contributed by atoms with Gasteiger partial charge >= 0.3 is 0 Å². The Morgan fingerprint density at radius 1 is 1.27 bits per heavy atom. The van der Waals surface area contributed by atoms with Crippen LogP contribution in [0, 0.1) is 0 Å². The molecule has 1 rings (SSSR count). The third kappa shape index (κ3) is 5.68. The first-order chi connectivity index (χ1) is 10.3. The number of rotatable bonds is 7. The molecular weight excluding hydrogens is 276 g/mol. The number of nitrogens with zero attached hydrogens (tertiary/aromatic N) is 1. The largest absolute Gasteiger partial charge is 0.494 e. The molecule has 0 bridgehead atoms. The molecule has 4 heteroatoms. The summed E-state index contributed by atoms with van der Waals surface area (Å²) in [6.07, 6.45) is 1.20. The van der Waals surface area contributed by atoms with Gasteiger partial charge in [-0.1, -0.05) is 32.9 Å². The van der Waals surface area contributed by atoms with Crippen LogP contribution < -0.4 is 10.5 Å². The molecule has 1 atom stereocenters. The lowest BCUT2D eigenvalue weighted by molar-refractivity contribution is -0.131. The maximum atomic E-state index is 11.9. The number of likely N-dealkylation sites (N-methyl/N-ethyl adjacent to an activating group) is 1. The predicted molar refractivity (Wildman–Crippen MR) is 91.2 cm³/mol. The summed E-state index contributed by atoms with van der Waals surface area (Å²) >= 11 is 0. The predicted octanol–water partition coefficient (Wildman–Crippen LogP) is 2.95. The van der Waals surface area contributed by atoms with Crippen LogP contribution in [0.1, 0.15) is 46.1 Å². The molecule has 0 radical (unpaired) electrons. The standard InChI is InChI=1S/C18H30N2O2/c1-14(13-19)20(5)17(21)7-6-12-22-16-10-8-15(9-11-16)18(2,3)4/h8-11,14H,6-7,12-13,19H2,1-5H3. The summed E-state index contributed by atoms with van der Waals surface area (Å²) in [7, 11) is 1.80. The van der Waals surface area contributed by atoms with Gasteiger partial charge < -0.3 is 15.4 Å². The van der Waals surface area contributed by atoms with Crippen LogP contribution in [0.15, 0.2) is 24.3 Å². The van der Waals surface area contributed by atoms with Crippen LogP contribution in [0.3, 0.4) is 0 Å². The summed E-state index contributed by atoms with van der Waals surface area (Å²) in [6, 6.07) is 8.25. The van der Waals surface area contributed by atoms with E-state index in [9.17, 15) is 4.79 Å². The van der Waals surface area contributed by atoms with Crippen LogP contribution in [-0.4, -0.2) is 37.0 Å². The number of carbonyl (C=O) groups is 1. The van der Waals surface area contributed by atoms with Crippen LogP contribution in [0.5, 0.6) is 5.75 Å². The molecule has 1 aromatic carbocycles. The van der Waals surface area contributed by atoms with Gasteiger partial charge in [0.05, 0.1) is 6.61 Å². The van der Waals surface area contributed by atoms with Gasteiger partial charge in [0.2, 0.25) is 5.91 Å². The van der Waals surface area contributed by atoms with Gasteiger partial charge in [-0.15, -0.1) is 0 Å². The summed E-state index contributed by atoms with van der Waals surface area (Å²) in [5.41, 5.74) is 7.00. The van der Waals surface area contributed by atoms with E-state index in [2.05, 4.69) is 32.9 Å². The zero-order valence-electron chi connectivity index (χ0n) is 14.6. The normalized spacial score (nSPS) is 12.8. The van der Waals surface area contributed by atoms with Gasteiger partial charge in [-0.25, -0.2) is 0 Å². The van der Waals surface area contributed by atoms with E-state index in [-0.39, 0.29) is 17.4 Å². The molecule has 0 fully saturated rings. The van der Waals surface area contributed by atoms with Crippen molar-refractivity contribution in [3.63, 3.8) is 0 Å². The number of nitrogens with two attached hydrogens (primary N) is 1. The Kier molecular flexibility index (Phi) is 6.88. The van der Waals surface area contributed by atoms with E-state index in [1.54, 1.807) is 11.9 Å². The number of hydrogen-bond donors (Lipinski definition) is 1. The van der Waals surface area contributed by atoms with Crippen LogP contribution in [-0.2, 0) is 10.2 Å². The molecule has 0 aliphatic rings. The number of hydrogen-bond acceptors (Lipinski definition) is 3. The van der Waals surface area contributed by atoms with Crippen molar-refractivity contribution in [1.29, 1.82) is 0 Å². The SMILES string of the molecule is CC(CN)N(C)C(=O)CCCOc1ccc(C(C)(C)C)cc1. The second-order valence-electron chi connectivity index (χ2n) is 6.82. The fourth-order valence-electron chi connectivity index (χ4n) is 2.04. The Bertz CT molecular complexity index is 463. The first-order valence-electron chi connectivity index (χ1n) is 7.94. The molecule has 0 aliphatic carbocycles. The summed E-state index contributed by atoms with van der Waals surface area (Å²) in [6.45, 7) is 9.55. The number of ether oxygens (including phenoxy) is 1. The number of amides is 1. The van der Waals surface area contributed by atoms with E-state index < -0.39 is 0 Å². The van der Waals surface area contributed by atoms with Gasteiger partial charge in [-0.05, 0) is 36.5 Å². The summed E-state index contributed by atoms with van der Waals surface area (Å²) in [5.74, 6) is 0.966. The average molecular weight is 306 g/mol. The lowest BCUT2D eigenvalue weighted by Gasteiger charge is -2.23. The van der Waals surface area contributed by atoms with Crippen molar-refractivity contribution < 1.29 is 9.53 Å². The van der Waals surface area contributed by atoms with E-state index in [0.29, 0.717) is 26.0 Å². The van der Waals surface area contributed by atoms with Crippen molar-refractivity contribution in [1.82, 2.24) is 4.90 Å². The van der Waals surface area contributed by atoms with E-state index in [1.165, 1.54) is 5.56 Å². The van der Waals surface area contributed by atoms with Crippen LogP contribution in [0.4, 0.5) is 0 Å². The Balaban J connectivity index is 2.34. The van der Waals surface area contributed by atoms with E-state index in [0.717, 1.165) is 5.75 Å². The topological polar surface area (TPSA) is 55.6 Å². The molecule has 0 saturated carbocycles. The highest BCUT2D eigenvalue weighted by Crippen LogP contribution is 2.24. The van der Waals surface area contributed by atoms with E-state index in [4.69, 9.17) is 10.5 Å². The molecule has 124 valence electrons. The summed E-state index contributed by atoms with van der Waals surface area (Å²) in [5, 5.41) is 0. The van der Waals surface area contributed by atoms with Crippen molar-refractivity contribution >= 4 is 5.91 Å². The first-order valence-corrected chi connectivity index (χ1v) is 7.94. The van der Waals surface area contributed by atoms with Gasteiger partial charge in [0.1, 0.15) is 5.75 Å². The maximum Gasteiger partial charge on any atom is 0.222 e. The Morgan fingerprint density at radius 2 is 1.86 bits per heavy atom. The quantitative estimate of drug-likeness (QED) is 0.788. The molecule has 0 aromatic heterocycles. The van der Waals surface area contributed by atoms with Crippen molar-refractivity contribution in [2.24, 2.45) is 5.73 Å². The second-order valence-corrected chi connectivity index (χ2v) is 6.82. The van der Waals surface area contributed by atoms with Crippen LogP contribution in [0.2, 0.25) is 0 Å². The van der Waals surface area contributed by atoms with Crippen LogP contribution in [0.25, 0.3) is 0 Å². The summed E-state index contributed by atoms with van der Waals surface area (Å²) < 4.78 is 5.70. The maximum absolute atomic E-state index is 11.9. The van der Waals surface area contributed by atoms with E-state index >= 15 is 0 Å². The third-order valence-electron chi connectivity index (χ3n) is 3.92. The molecule has 22 heavy (non-hydrogen) atoms. The zero-order valence-corrected chi connectivity index (χ0v) is 14.6. The molecule has 0 heterocycles. The Hall–Kier alpha value is -1.55. The lowest BCUT2D eigenvalue weighted by atomic mass is 9.87. The van der Waals surface area contributed by atoms with E-state index in [1.807, 2.05) is 19.1 Å². The molecule has 0 spiro atoms. The minimum absolute atomic E-state index is 0.0818. The van der Waals surface area contributed by atoms with Gasteiger partial charge in [-0.3, -0.25) is 4.79 Å². The molecule has 1 amide bonds. The second kappa shape index (κ2) is 8.18. The molecule has 1 aromatic rings. The molecule has 1 unspecified atom stereocenters. The lowest BCUT2D eigenvalue weighted by Crippen LogP contribution is -2.39. The number of benzene rings is 1. The Labute approximate surface area is 134 Å². The highest BCUT2D eigenvalue weighted by molar-refractivity contribution is 5.76. The fourth-order valence-corrected chi connectivity index (χ4v) is 2.04. The minimum Gasteiger partial charge on any atom is -0.494 e. The average Bonchev–Trinajstić information content (AvgIpc) is 2.49. The fraction of sp³-hybridized carbons (Fsp3) is 0.611. The Morgan fingerprint density at radius 3 is 2.36 bits per heavy atom. The monoisotopic (exact) mass is 306 g/mol. The molecule has 0 saturated heterocycles. The number of carbonyl (C=O) groups excluding carboxylic acids is 1. The first kappa shape index (κ1) is 18.5. The summed E-state index contributed by atoms with van der Waals surface area (Å²) in [4.78, 5) is 13.6. The zero-order chi connectivity index (χ0) is 16.8. The highest BCUT2D eigenvalue weighted by Gasteiger charge is 2.14. The molecule has 4 nitrogen and oxygen atoms in total.